The zero-order chi connectivity index (χ0) is 14.5. The average Bonchev–Trinajstić information content (AvgIpc) is 2.40. The molecule has 0 saturated carbocycles. The molecule has 0 radical (unpaired) electrons. The second-order valence-corrected chi connectivity index (χ2v) is 4.77. The molecule has 0 aromatic rings. The first-order valence-electron chi connectivity index (χ1n) is 6.88. The number of carbonyl (C=O) groups is 1. The second-order valence-electron chi connectivity index (χ2n) is 4.77. The predicted molar refractivity (Wildman–Crippen MR) is 73.3 cm³/mol. The van der Waals surface area contributed by atoms with Crippen molar-refractivity contribution >= 4 is 5.91 Å². The number of unbranched alkanes of at least 4 members (excludes halogenated alkanes) is 3. The number of amides is 1. The zero-order valence-corrected chi connectivity index (χ0v) is 11.5. The van der Waals surface area contributed by atoms with Gasteiger partial charge in [0, 0.05) is 12.5 Å². The Bertz CT molecular complexity index is 227. The number of hydroxylamine groups is 1. The summed E-state index contributed by atoms with van der Waals surface area (Å²) in [5, 5.41) is 20.7. The lowest BCUT2D eigenvalue weighted by Gasteiger charge is -2.15. The van der Waals surface area contributed by atoms with Crippen LogP contribution >= 0.6 is 0 Å². The Morgan fingerprint density at radius 1 is 1.11 bits per heavy atom. The van der Waals surface area contributed by atoms with Gasteiger partial charge in [-0.1, -0.05) is 19.3 Å². The Morgan fingerprint density at radius 3 is 2.37 bits per heavy atom. The Hall–Kier alpha value is -0.730. The molecular weight excluding hydrogens is 248 g/mol. The van der Waals surface area contributed by atoms with E-state index in [-0.39, 0.29) is 25.2 Å². The third kappa shape index (κ3) is 12.1. The van der Waals surface area contributed by atoms with Gasteiger partial charge < -0.3 is 21.9 Å². The third-order valence-corrected chi connectivity index (χ3v) is 2.96. The third-order valence-electron chi connectivity index (χ3n) is 2.96. The maximum absolute atomic E-state index is 10.8. The van der Waals surface area contributed by atoms with Crippen molar-refractivity contribution in [2.45, 2.75) is 57.2 Å². The van der Waals surface area contributed by atoms with Crippen molar-refractivity contribution in [3.05, 3.63) is 0 Å². The van der Waals surface area contributed by atoms with E-state index in [0.29, 0.717) is 6.42 Å². The van der Waals surface area contributed by atoms with Crippen LogP contribution in [0.15, 0.2) is 0 Å². The van der Waals surface area contributed by atoms with Crippen molar-refractivity contribution in [2.24, 2.45) is 11.5 Å². The molecule has 0 saturated heterocycles. The normalized spacial score (nSPS) is 12.7. The summed E-state index contributed by atoms with van der Waals surface area (Å²) < 4.78 is 0. The highest BCUT2D eigenvalue weighted by molar-refractivity contribution is 5.74. The highest BCUT2D eigenvalue weighted by Gasteiger charge is 2.08. The maximum atomic E-state index is 10.8. The fraction of sp³-hybridized carbons (Fsp3) is 0.917. The van der Waals surface area contributed by atoms with Crippen molar-refractivity contribution in [3.63, 3.8) is 0 Å². The lowest BCUT2D eigenvalue weighted by Crippen LogP contribution is -2.34. The molecule has 0 fully saturated rings. The predicted octanol–water partition coefficient (Wildman–Crippen LogP) is -0.583. The van der Waals surface area contributed by atoms with E-state index in [1.807, 2.05) is 0 Å². The van der Waals surface area contributed by atoms with Gasteiger partial charge in [0.1, 0.15) is 0 Å². The second kappa shape index (κ2) is 12.3. The van der Waals surface area contributed by atoms with Gasteiger partial charge in [0.05, 0.1) is 12.8 Å². The van der Waals surface area contributed by atoms with Gasteiger partial charge in [0.25, 0.3) is 0 Å². The molecule has 19 heavy (non-hydrogen) atoms. The van der Waals surface area contributed by atoms with E-state index in [2.05, 4.69) is 5.32 Å². The zero-order valence-electron chi connectivity index (χ0n) is 11.5. The SMILES string of the molecule is NC(N)CCCCCCNC(CO)CCC(=O)NO. The molecule has 7 heteroatoms. The van der Waals surface area contributed by atoms with E-state index in [0.717, 1.165) is 38.6 Å². The fourth-order valence-electron chi connectivity index (χ4n) is 1.78. The van der Waals surface area contributed by atoms with Crippen LogP contribution in [0, 0.1) is 0 Å². The number of aliphatic hydroxyl groups excluding tert-OH is 1. The molecule has 0 bridgehead atoms. The van der Waals surface area contributed by atoms with Gasteiger partial charge in [-0.2, -0.15) is 0 Å². The molecule has 1 amide bonds. The monoisotopic (exact) mass is 276 g/mol. The summed E-state index contributed by atoms with van der Waals surface area (Å²) in [6.45, 7) is 0.793. The molecule has 0 aliphatic carbocycles. The van der Waals surface area contributed by atoms with E-state index in [1.54, 1.807) is 5.48 Å². The summed E-state index contributed by atoms with van der Waals surface area (Å²) in [5.74, 6) is -0.432. The maximum Gasteiger partial charge on any atom is 0.243 e. The summed E-state index contributed by atoms with van der Waals surface area (Å²) in [4.78, 5) is 10.8. The van der Waals surface area contributed by atoms with E-state index in [9.17, 15) is 4.79 Å². The van der Waals surface area contributed by atoms with E-state index >= 15 is 0 Å². The molecule has 0 aromatic carbocycles. The van der Waals surface area contributed by atoms with Crippen LogP contribution < -0.4 is 22.3 Å². The van der Waals surface area contributed by atoms with Crippen LogP contribution in [0.5, 0.6) is 0 Å². The Kier molecular flexibility index (Phi) is 11.8. The number of hydrogen-bond acceptors (Lipinski definition) is 6. The van der Waals surface area contributed by atoms with Gasteiger partial charge in [-0.3, -0.25) is 10.0 Å². The number of aliphatic hydroxyl groups is 1. The lowest BCUT2D eigenvalue weighted by atomic mass is 10.1. The first-order valence-corrected chi connectivity index (χ1v) is 6.88. The number of nitrogens with two attached hydrogens (primary N) is 2. The van der Waals surface area contributed by atoms with Crippen LogP contribution in [-0.4, -0.2) is 41.6 Å². The summed E-state index contributed by atoms with van der Waals surface area (Å²) >= 11 is 0. The van der Waals surface area contributed by atoms with E-state index in [4.69, 9.17) is 21.8 Å². The molecule has 0 aliphatic rings. The molecule has 0 heterocycles. The summed E-state index contributed by atoms with van der Waals surface area (Å²) in [6, 6.07) is -0.102. The molecule has 7 nitrogen and oxygen atoms in total. The fourth-order valence-corrected chi connectivity index (χ4v) is 1.78. The van der Waals surface area contributed by atoms with Crippen LogP contribution in [0.1, 0.15) is 44.9 Å². The Morgan fingerprint density at radius 2 is 1.79 bits per heavy atom. The van der Waals surface area contributed by atoms with Crippen LogP contribution in [-0.2, 0) is 4.79 Å². The van der Waals surface area contributed by atoms with Gasteiger partial charge in [-0.25, -0.2) is 5.48 Å². The largest absolute Gasteiger partial charge is 0.395 e. The van der Waals surface area contributed by atoms with Crippen molar-refractivity contribution in [3.8, 4) is 0 Å². The van der Waals surface area contributed by atoms with Crippen LogP contribution in [0.3, 0.4) is 0 Å². The molecule has 1 unspecified atom stereocenters. The summed E-state index contributed by atoms with van der Waals surface area (Å²) in [5.41, 5.74) is 12.5. The van der Waals surface area contributed by atoms with Crippen molar-refractivity contribution in [1.29, 1.82) is 0 Å². The van der Waals surface area contributed by atoms with E-state index in [1.165, 1.54) is 0 Å². The quantitative estimate of drug-likeness (QED) is 0.122. The van der Waals surface area contributed by atoms with Gasteiger partial charge in [0.15, 0.2) is 0 Å². The van der Waals surface area contributed by atoms with Gasteiger partial charge in [-0.05, 0) is 25.8 Å². The highest BCUT2D eigenvalue weighted by Crippen LogP contribution is 2.03. The standard InChI is InChI=1S/C12H28N4O3/c13-11(14)5-3-1-2-4-8-15-10(9-17)6-7-12(18)16-19/h10-11,15,17,19H,1-9,13-14H2,(H,16,18). The minimum absolute atomic E-state index is 0.0132. The number of rotatable bonds is 12. The van der Waals surface area contributed by atoms with Crippen LogP contribution in [0.25, 0.3) is 0 Å². The highest BCUT2D eigenvalue weighted by atomic mass is 16.5. The van der Waals surface area contributed by atoms with Gasteiger partial charge in [0.2, 0.25) is 5.91 Å². The van der Waals surface area contributed by atoms with Crippen molar-refractivity contribution in [1.82, 2.24) is 10.8 Å². The Labute approximate surface area is 114 Å². The van der Waals surface area contributed by atoms with E-state index < -0.39 is 5.91 Å². The smallest absolute Gasteiger partial charge is 0.243 e. The average molecular weight is 276 g/mol. The first-order chi connectivity index (χ1) is 9.10. The minimum Gasteiger partial charge on any atom is -0.395 e. The minimum atomic E-state index is -0.432. The molecule has 0 rings (SSSR count). The lowest BCUT2D eigenvalue weighted by molar-refractivity contribution is -0.129. The molecular formula is C12H28N4O3. The molecule has 1 atom stereocenters. The van der Waals surface area contributed by atoms with Crippen molar-refractivity contribution < 1.29 is 15.1 Å². The molecule has 0 aromatic heterocycles. The molecule has 0 spiro atoms. The topological polar surface area (TPSA) is 134 Å². The molecule has 114 valence electrons. The number of nitrogens with one attached hydrogen (secondary N) is 2. The Balaban J connectivity index is 3.43. The summed E-state index contributed by atoms with van der Waals surface area (Å²) in [7, 11) is 0. The van der Waals surface area contributed by atoms with Gasteiger partial charge >= 0.3 is 0 Å². The number of carbonyl (C=O) groups excluding carboxylic acids is 1. The van der Waals surface area contributed by atoms with Crippen LogP contribution in [0.4, 0.5) is 0 Å². The first kappa shape index (κ1) is 18.3. The van der Waals surface area contributed by atoms with Crippen LogP contribution in [0.2, 0.25) is 0 Å². The summed E-state index contributed by atoms with van der Waals surface area (Å²) in [6.07, 6.45) is 5.59. The molecule has 0 aliphatic heterocycles. The van der Waals surface area contributed by atoms with Crippen molar-refractivity contribution in [2.75, 3.05) is 13.2 Å². The molecule has 8 N–H and O–H groups in total. The van der Waals surface area contributed by atoms with Gasteiger partial charge in [-0.15, -0.1) is 0 Å². The number of hydrogen-bond donors (Lipinski definition) is 6.